The maximum Gasteiger partial charge on any atom is 0.230 e. The van der Waals surface area contributed by atoms with Gasteiger partial charge in [0, 0.05) is 22.5 Å². The molecular formula is C45H29NOSi. The van der Waals surface area contributed by atoms with Gasteiger partial charge < -0.3 is 4.42 Å². The zero-order chi connectivity index (χ0) is 31.9. The Kier molecular flexibility index (Phi) is 6.74. The Bertz CT molecular complexity index is 2570. The fourth-order valence-electron chi connectivity index (χ4n) is 7.29. The van der Waals surface area contributed by atoms with Crippen LogP contribution in [0.1, 0.15) is 5.56 Å². The predicted molar refractivity (Wildman–Crippen MR) is 203 cm³/mol. The number of rotatable bonds is 4. The molecule has 0 radical (unpaired) electrons. The van der Waals surface area contributed by atoms with Gasteiger partial charge in [-0.2, -0.15) is 0 Å². The first kappa shape index (κ1) is 28.0. The molecule has 0 N–H and O–H groups in total. The molecule has 7 aromatic carbocycles. The van der Waals surface area contributed by atoms with Crippen LogP contribution in [-0.4, -0.2) is 13.1 Å². The van der Waals surface area contributed by atoms with Crippen LogP contribution in [0.3, 0.4) is 0 Å². The molecule has 0 atom stereocenters. The lowest BCUT2D eigenvalue weighted by molar-refractivity contribution is 0.667. The summed E-state index contributed by atoms with van der Waals surface area (Å²) < 4.78 is 6.22. The zero-order valence-electron chi connectivity index (χ0n) is 26.1. The molecule has 2 heterocycles. The quantitative estimate of drug-likeness (QED) is 0.0843. The molecule has 0 amide bonds. The third kappa shape index (κ3) is 4.46. The van der Waals surface area contributed by atoms with Crippen molar-refractivity contribution in [2.45, 2.75) is 0 Å². The van der Waals surface area contributed by atoms with Gasteiger partial charge in [0.2, 0.25) is 8.07 Å². The van der Waals surface area contributed by atoms with E-state index in [4.69, 9.17) is 4.42 Å². The van der Waals surface area contributed by atoms with Crippen LogP contribution in [0.15, 0.2) is 181 Å². The molecular weight excluding hydrogens is 599 g/mol. The maximum atomic E-state index is 6.22. The van der Waals surface area contributed by atoms with Crippen molar-refractivity contribution in [3.8, 4) is 22.6 Å². The summed E-state index contributed by atoms with van der Waals surface area (Å²) in [4.78, 5) is 4.31. The number of benzene rings is 7. The lowest BCUT2D eigenvalue weighted by atomic mass is 9.89. The first-order valence-electron chi connectivity index (χ1n) is 16.2. The Hall–Kier alpha value is -6.21. The fraction of sp³-hybridized carbons (Fsp3) is 0. The Morgan fingerprint density at radius 3 is 1.65 bits per heavy atom. The molecule has 9 aromatic rings. The summed E-state index contributed by atoms with van der Waals surface area (Å²) >= 11 is 0. The van der Waals surface area contributed by atoms with Gasteiger partial charge in [-0.15, -0.1) is 5.54 Å². The minimum atomic E-state index is -2.96. The molecule has 0 aliphatic rings. The highest BCUT2D eigenvalue weighted by Crippen LogP contribution is 2.39. The van der Waals surface area contributed by atoms with Crippen molar-refractivity contribution in [1.82, 2.24) is 4.98 Å². The topological polar surface area (TPSA) is 26.0 Å². The Morgan fingerprint density at radius 1 is 0.458 bits per heavy atom. The minimum absolute atomic E-state index is 0.791. The zero-order valence-corrected chi connectivity index (χ0v) is 27.1. The van der Waals surface area contributed by atoms with E-state index in [1.807, 2.05) is 12.3 Å². The molecule has 9 rings (SSSR count). The smallest absolute Gasteiger partial charge is 0.230 e. The van der Waals surface area contributed by atoms with E-state index >= 15 is 0 Å². The largest absolute Gasteiger partial charge is 0.454 e. The van der Waals surface area contributed by atoms with Crippen molar-refractivity contribution >= 4 is 67.1 Å². The number of aromatic nitrogens is 1. The van der Waals surface area contributed by atoms with Gasteiger partial charge in [0.05, 0.1) is 6.20 Å². The Labute approximate surface area is 280 Å². The van der Waals surface area contributed by atoms with E-state index in [2.05, 4.69) is 174 Å². The molecule has 0 unspecified atom stereocenters. The van der Waals surface area contributed by atoms with E-state index in [9.17, 15) is 0 Å². The summed E-state index contributed by atoms with van der Waals surface area (Å²) in [6.07, 6.45) is 3.63. The van der Waals surface area contributed by atoms with E-state index in [1.54, 1.807) is 6.20 Å². The van der Waals surface area contributed by atoms with Gasteiger partial charge in [-0.25, -0.2) is 0 Å². The second-order valence-corrected chi connectivity index (χ2v) is 15.6. The molecule has 0 saturated carbocycles. The van der Waals surface area contributed by atoms with Crippen LogP contribution in [0, 0.1) is 11.5 Å². The Balaban J connectivity index is 1.39. The van der Waals surface area contributed by atoms with Crippen molar-refractivity contribution in [1.29, 1.82) is 0 Å². The summed E-state index contributed by atoms with van der Waals surface area (Å²) in [6, 6.07) is 58.6. The predicted octanol–water partition coefficient (Wildman–Crippen LogP) is 9.02. The molecule has 3 heteroatoms. The summed E-state index contributed by atoms with van der Waals surface area (Å²) in [7, 11) is -2.96. The third-order valence-electron chi connectivity index (χ3n) is 9.49. The number of pyridine rings is 1. The Morgan fingerprint density at radius 2 is 1.02 bits per heavy atom. The monoisotopic (exact) mass is 627 g/mol. The second-order valence-electron chi connectivity index (χ2n) is 12.1. The summed E-state index contributed by atoms with van der Waals surface area (Å²) in [5.41, 5.74) is 9.25. The molecule has 0 aliphatic heterocycles. The van der Waals surface area contributed by atoms with E-state index in [0.29, 0.717) is 0 Å². The average molecular weight is 628 g/mol. The van der Waals surface area contributed by atoms with Crippen LogP contribution in [0.2, 0.25) is 0 Å². The molecule has 2 aromatic heterocycles. The van der Waals surface area contributed by atoms with Crippen molar-refractivity contribution in [3.05, 3.63) is 182 Å². The van der Waals surface area contributed by atoms with Crippen LogP contribution in [0.25, 0.3) is 54.6 Å². The average Bonchev–Trinajstić information content (AvgIpc) is 3.54. The van der Waals surface area contributed by atoms with E-state index in [1.165, 1.54) is 37.5 Å². The first-order valence-corrected chi connectivity index (χ1v) is 18.2. The van der Waals surface area contributed by atoms with Crippen molar-refractivity contribution < 1.29 is 4.42 Å². The van der Waals surface area contributed by atoms with Gasteiger partial charge in [-0.3, -0.25) is 4.98 Å². The highest BCUT2D eigenvalue weighted by atomic mass is 28.3. The fourth-order valence-corrected chi connectivity index (χ4v) is 11.1. The number of nitrogens with zero attached hydrogens (tertiary/aromatic N) is 1. The van der Waals surface area contributed by atoms with Gasteiger partial charge in [0.25, 0.3) is 0 Å². The van der Waals surface area contributed by atoms with E-state index in [-0.39, 0.29) is 0 Å². The summed E-state index contributed by atoms with van der Waals surface area (Å²) in [6.45, 7) is 0. The number of furan rings is 1. The minimum Gasteiger partial charge on any atom is -0.454 e. The highest BCUT2D eigenvalue weighted by molar-refractivity contribution is 7.17. The van der Waals surface area contributed by atoms with E-state index in [0.717, 1.165) is 38.3 Å². The van der Waals surface area contributed by atoms with Crippen LogP contribution >= 0.6 is 0 Å². The molecule has 0 saturated heterocycles. The van der Waals surface area contributed by atoms with Crippen LogP contribution in [0.5, 0.6) is 0 Å². The van der Waals surface area contributed by atoms with Crippen LogP contribution in [0.4, 0.5) is 0 Å². The SMILES string of the molecule is C(#C[Si](c1ccccc1)(c1ccccc1)c1ccc2oc3cnccc3c2c1)c1c2ccccc2c(-c2ccccc2)c2ccccc12. The standard InChI is InChI=1S/C45H29NOSi/c1-4-14-32(15-5-1)45-40-22-12-10-20-36(40)38(37-21-11-13-23-41(37)45)27-29-48(33-16-6-2-7-17-33,34-18-8-3-9-19-34)35-24-25-43-42(30-35)39-26-28-46-31-44(39)47-43/h1-26,28,30-31H. The summed E-state index contributed by atoms with van der Waals surface area (Å²) in [5.74, 6) is 3.90. The van der Waals surface area contributed by atoms with E-state index < -0.39 is 8.07 Å². The molecule has 224 valence electrons. The highest BCUT2D eigenvalue weighted by Gasteiger charge is 2.39. The van der Waals surface area contributed by atoms with Crippen molar-refractivity contribution in [3.63, 3.8) is 0 Å². The molecule has 0 bridgehead atoms. The normalized spacial score (nSPS) is 11.6. The number of hydrogen-bond acceptors (Lipinski definition) is 2. The van der Waals surface area contributed by atoms with Crippen molar-refractivity contribution in [2.75, 3.05) is 0 Å². The van der Waals surface area contributed by atoms with Crippen LogP contribution in [-0.2, 0) is 0 Å². The molecule has 48 heavy (non-hydrogen) atoms. The molecule has 0 spiro atoms. The van der Waals surface area contributed by atoms with Crippen LogP contribution < -0.4 is 15.6 Å². The van der Waals surface area contributed by atoms with Gasteiger partial charge in [-0.05, 0) is 66.4 Å². The maximum absolute atomic E-state index is 6.22. The summed E-state index contributed by atoms with van der Waals surface area (Å²) in [5, 5.41) is 10.6. The van der Waals surface area contributed by atoms with Gasteiger partial charge >= 0.3 is 0 Å². The van der Waals surface area contributed by atoms with Gasteiger partial charge in [0.1, 0.15) is 5.58 Å². The third-order valence-corrected chi connectivity index (χ3v) is 13.6. The first-order chi connectivity index (χ1) is 23.8. The number of fused-ring (bicyclic) bond motifs is 5. The number of hydrogen-bond donors (Lipinski definition) is 0. The van der Waals surface area contributed by atoms with Gasteiger partial charge in [-0.1, -0.05) is 152 Å². The lowest BCUT2D eigenvalue weighted by Crippen LogP contribution is -2.66. The lowest BCUT2D eigenvalue weighted by Gasteiger charge is -2.28. The van der Waals surface area contributed by atoms with Crippen molar-refractivity contribution in [2.24, 2.45) is 0 Å². The second kappa shape index (κ2) is 11.5. The molecule has 0 fully saturated rings. The molecule has 0 aliphatic carbocycles. The molecule has 2 nitrogen and oxygen atoms in total. The van der Waals surface area contributed by atoms with Gasteiger partial charge in [0.15, 0.2) is 5.58 Å².